The predicted octanol–water partition coefficient (Wildman–Crippen LogP) is 2.42. The minimum absolute atomic E-state index is 0.236. The van der Waals surface area contributed by atoms with Gasteiger partial charge in [0.05, 0.1) is 5.56 Å². The average Bonchev–Trinajstić information content (AvgIpc) is 3.10. The fraction of sp³-hybridized carbons (Fsp3) is 0.333. The number of likely N-dealkylation sites (tertiary alicyclic amines) is 1. The Hall–Kier alpha value is -2.51. The van der Waals surface area contributed by atoms with Gasteiger partial charge in [0, 0.05) is 31.0 Å². The second kappa shape index (κ2) is 5.00. The highest BCUT2D eigenvalue weighted by Gasteiger charge is 2.64. The molecule has 3 heterocycles. The number of carbonyl (C=O) groups is 2. The van der Waals surface area contributed by atoms with Crippen molar-refractivity contribution in [2.45, 2.75) is 12.6 Å². The largest absolute Gasteiger partial charge is 0.481 e. The summed E-state index contributed by atoms with van der Waals surface area (Å²) < 4.78 is 41.1. The number of carboxylic acid groups (broad SMARTS) is 1. The van der Waals surface area contributed by atoms with E-state index in [0.717, 1.165) is 10.4 Å². The second-order valence-electron chi connectivity index (χ2n) is 5.62. The Morgan fingerprint density at radius 1 is 1.26 bits per heavy atom. The lowest BCUT2D eigenvalue weighted by molar-refractivity contribution is -0.227. The summed E-state index contributed by atoms with van der Waals surface area (Å²) in [6.07, 6.45) is -2.30. The standard InChI is InChI=1S/C15H13F3N2O3/c16-15(17,18)14(13(22)23)4-6-20(9-14)12(21)10-7-11-3-1-2-5-19(11)8-10/h1-3,5,7-8H,4,6,9H2,(H,22,23). The number of carbonyl (C=O) groups excluding carboxylic acids is 1. The third-order valence-corrected chi connectivity index (χ3v) is 4.26. The molecule has 1 unspecified atom stereocenters. The molecule has 0 aliphatic carbocycles. The van der Waals surface area contributed by atoms with Gasteiger partial charge in [0.1, 0.15) is 0 Å². The van der Waals surface area contributed by atoms with E-state index < -0.39 is 36.4 Å². The molecule has 1 amide bonds. The molecule has 1 atom stereocenters. The van der Waals surface area contributed by atoms with E-state index in [-0.39, 0.29) is 12.1 Å². The first-order valence-corrected chi connectivity index (χ1v) is 6.91. The minimum atomic E-state index is -4.90. The Kier molecular flexibility index (Phi) is 3.35. The average molecular weight is 326 g/mol. The van der Waals surface area contributed by atoms with E-state index in [1.807, 2.05) is 0 Å². The lowest BCUT2D eigenvalue weighted by atomic mass is 9.86. The van der Waals surface area contributed by atoms with E-state index in [1.165, 1.54) is 6.20 Å². The summed E-state index contributed by atoms with van der Waals surface area (Å²) >= 11 is 0. The van der Waals surface area contributed by atoms with Crippen molar-refractivity contribution >= 4 is 17.4 Å². The predicted molar refractivity (Wildman–Crippen MR) is 74.0 cm³/mol. The summed E-state index contributed by atoms with van der Waals surface area (Å²) in [7, 11) is 0. The van der Waals surface area contributed by atoms with Crippen molar-refractivity contribution in [2.75, 3.05) is 13.1 Å². The highest BCUT2D eigenvalue weighted by atomic mass is 19.4. The molecule has 0 spiro atoms. The molecule has 8 heteroatoms. The zero-order valence-corrected chi connectivity index (χ0v) is 11.9. The summed E-state index contributed by atoms with van der Waals surface area (Å²) in [5, 5.41) is 9.02. The summed E-state index contributed by atoms with van der Waals surface area (Å²) in [6.45, 7) is -1.10. The van der Waals surface area contributed by atoms with Gasteiger partial charge in [-0.15, -0.1) is 0 Å². The number of alkyl halides is 3. The third-order valence-electron chi connectivity index (χ3n) is 4.26. The molecule has 1 saturated heterocycles. The van der Waals surface area contributed by atoms with Gasteiger partial charge >= 0.3 is 12.1 Å². The van der Waals surface area contributed by atoms with E-state index in [1.54, 1.807) is 34.9 Å². The smallest absolute Gasteiger partial charge is 0.406 e. The molecule has 0 radical (unpaired) electrons. The van der Waals surface area contributed by atoms with Crippen molar-refractivity contribution in [3.8, 4) is 0 Å². The fourth-order valence-corrected chi connectivity index (χ4v) is 2.87. The second-order valence-corrected chi connectivity index (χ2v) is 5.62. The maximum atomic E-state index is 13.2. The zero-order valence-electron chi connectivity index (χ0n) is 11.9. The van der Waals surface area contributed by atoms with Crippen LogP contribution in [0.1, 0.15) is 16.8 Å². The van der Waals surface area contributed by atoms with Crippen molar-refractivity contribution < 1.29 is 27.9 Å². The van der Waals surface area contributed by atoms with Crippen molar-refractivity contribution in [1.82, 2.24) is 9.30 Å². The molecule has 0 bridgehead atoms. The Morgan fingerprint density at radius 2 is 2.00 bits per heavy atom. The van der Waals surface area contributed by atoms with Crippen molar-refractivity contribution in [3.05, 3.63) is 42.2 Å². The number of amides is 1. The first-order valence-electron chi connectivity index (χ1n) is 6.91. The molecule has 23 heavy (non-hydrogen) atoms. The number of rotatable bonds is 2. The molecular weight excluding hydrogens is 313 g/mol. The molecule has 5 nitrogen and oxygen atoms in total. The van der Waals surface area contributed by atoms with Gasteiger partial charge in [-0.2, -0.15) is 13.2 Å². The van der Waals surface area contributed by atoms with Crippen LogP contribution >= 0.6 is 0 Å². The van der Waals surface area contributed by atoms with Gasteiger partial charge in [0.15, 0.2) is 5.41 Å². The zero-order chi connectivity index (χ0) is 16.8. The summed E-state index contributed by atoms with van der Waals surface area (Å²) in [4.78, 5) is 24.5. The Labute approximate surface area is 128 Å². The van der Waals surface area contributed by atoms with Gasteiger partial charge in [-0.3, -0.25) is 9.59 Å². The molecule has 0 saturated carbocycles. The highest BCUT2D eigenvalue weighted by Crippen LogP contribution is 2.46. The van der Waals surface area contributed by atoms with Crippen molar-refractivity contribution in [3.63, 3.8) is 0 Å². The first-order chi connectivity index (χ1) is 10.7. The lowest BCUT2D eigenvalue weighted by Crippen LogP contribution is -2.47. The molecule has 3 rings (SSSR count). The van der Waals surface area contributed by atoms with Gasteiger partial charge in [0.25, 0.3) is 5.91 Å². The van der Waals surface area contributed by atoms with E-state index in [9.17, 15) is 22.8 Å². The number of halogens is 3. The Morgan fingerprint density at radius 3 is 2.57 bits per heavy atom. The minimum Gasteiger partial charge on any atom is -0.481 e. The molecule has 2 aromatic heterocycles. The van der Waals surface area contributed by atoms with Crippen LogP contribution in [0.5, 0.6) is 0 Å². The Balaban J connectivity index is 1.88. The van der Waals surface area contributed by atoms with E-state index in [4.69, 9.17) is 5.11 Å². The van der Waals surface area contributed by atoms with Crippen LogP contribution in [0.25, 0.3) is 5.52 Å². The van der Waals surface area contributed by atoms with Crippen LogP contribution in [0.4, 0.5) is 13.2 Å². The molecule has 1 aliphatic rings. The molecular formula is C15H13F3N2O3. The normalized spacial score (nSPS) is 21.8. The van der Waals surface area contributed by atoms with E-state index in [0.29, 0.717) is 0 Å². The topological polar surface area (TPSA) is 62.0 Å². The number of fused-ring (bicyclic) bond motifs is 1. The van der Waals surface area contributed by atoms with Crippen LogP contribution in [-0.4, -0.2) is 45.5 Å². The maximum Gasteiger partial charge on any atom is 0.406 e. The number of hydrogen-bond acceptors (Lipinski definition) is 2. The number of hydrogen-bond donors (Lipinski definition) is 1. The van der Waals surface area contributed by atoms with Gasteiger partial charge < -0.3 is 14.4 Å². The summed E-state index contributed by atoms with van der Waals surface area (Å²) in [5.74, 6) is -2.54. The first kappa shape index (κ1) is 15.4. The lowest BCUT2D eigenvalue weighted by Gasteiger charge is -2.27. The summed E-state index contributed by atoms with van der Waals surface area (Å²) in [5.41, 5.74) is -1.92. The number of aliphatic carboxylic acids is 1. The van der Waals surface area contributed by atoms with Gasteiger partial charge in [-0.1, -0.05) is 6.07 Å². The number of aromatic nitrogens is 1. The monoisotopic (exact) mass is 326 g/mol. The van der Waals surface area contributed by atoms with Crippen LogP contribution in [0.15, 0.2) is 36.7 Å². The molecule has 1 N–H and O–H groups in total. The van der Waals surface area contributed by atoms with Gasteiger partial charge in [-0.25, -0.2) is 0 Å². The molecule has 1 fully saturated rings. The quantitative estimate of drug-likeness (QED) is 0.922. The Bertz CT molecular complexity index is 751. The summed E-state index contributed by atoms with van der Waals surface area (Å²) in [6, 6.07) is 6.86. The number of nitrogens with zero attached hydrogens (tertiary/aromatic N) is 2. The molecule has 1 aliphatic heterocycles. The maximum absolute atomic E-state index is 13.2. The van der Waals surface area contributed by atoms with Crippen molar-refractivity contribution in [2.24, 2.45) is 5.41 Å². The van der Waals surface area contributed by atoms with Crippen LogP contribution < -0.4 is 0 Å². The van der Waals surface area contributed by atoms with Crippen LogP contribution in [0.2, 0.25) is 0 Å². The van der Waals surface area contributed by atoms with Gasteiger partial charge in [-0.05, 0) is 24.6 Å². The highest BCUT2D eigenvalue weighted by molar-refractivity contribution is 5.96. The molecule has 0 aromatic carbocycles. The van der Waals surface area contributed by atoms with E-state index in [2.05, 4.69) is 0 Å². The van der Waals surface area contributed by atoms with Crippen LogP contribution in [0, 0.1) is 5.41 Å². The third kappa shape index (κ3) is 2.34. The molecule has 122 valence electrons. The molecule has 2 aromatic rings. The number of carboxylic acids is 1. The fourth-order valence-electron chi connectivity index (χ4n) is 2.87. The number of pyridine rings is 1. The van der Waals surface area contributed by atoms with Gasteiger partial charge in [0.2, 0.25) is 0 Å². The van der Waals surface area contributed by atoms with E-state index >= 15 is 0 Å². The van der Waals surface area contributed by atoms with Crippen molar-refractivity contribution in [1.29, 1.82) is 0 Å². The van der Waals surface area contributed by atoms with Crippen LogP contribution in [0.3, 0.4) is 0 Å². The van der Waals surface area contributed by atoms with Crippen LogP contribution in [-0.2, 0) is 4.79 Å². The SMILES string of the molecule is O=C(c1cc2ccccn2c1)N1CCC(C(=O)O)(C(F)(F)F)C1.